The molecule has 9 nitrogen and oxygen atoms in total. The van der Waals surface area contributed by atoms with Crippen molar-refractivity contribution < 1.29 is 22.8 Å². The number of carbonyl (C=O) groups excluding carboxylic acids is 2. The number of halogens is 3. The minimum atomic E-state index is -4.37. The van der Waals surface area contributed by atoms with Crippen LogP contribution in [0.15, 0.2) is 33.9 Å². The number of carbonyl (C=O) groups is 2. The van der Waals surface area contributed by atoms with Gasteiger partial charge < -0.3 is 21.4 Å². The number of rotatable bonds is 5. The molecule has 2 aliphatic rings. The van der Waals surface area contributed by atoms with Gasteiger partial charge in [-0.2, -0.15) is 13.2 Å². The van der Waals surface area contributed by atoms with Gasteiger partial charge in [-0.3, -0.25) is 19.4 Å². The summed E-state index contributed by atoms with van der Waals surface area (Å²) >= 11 is 0. The number of amides is 2. The smallest absolute Gasteiger partial charge is 0.392 e. The number of nitrogen functional groups attached to an aromatic ring is 1. The molecule has 0 unspecified atom stereocenters. The Kier molecular flexibility index (Phi) is 7.23. The number of hydrogen-bond acceptors (Lipinski definition) is 5. The SMILES string of the molecule is Nc1c(C(=O)N[C@@H]2CC[C@@H](C(=O)NC3CCC(c4cccc(C(F)(F)F)c4)CC3)C2)[nH]c(=O)[nH]c1=O. The van der Waals surface area contributed by atoms with Gasteiger partial charge in [0.05, 0.1) is 5.56 Å². The molecule has 194 valence electrons. The predicted octanol–water partition coefficient (Wildman–Crippen LogP) is 2.41. The summed E-state index contributed by atoms with van der Waals surface area (Å²) in [6.07, 6.45) is -0.121. The number of alkyl halides is 3. The van der Waals surface area contributed by atoms with Crippen molar-refractivity contribution in [3.63, 3.8) is 0 Å². The number of hydrogen-bond donors (Lipinski definition) is 5. The molecule has 1 heterocycles. The molecule has 2 fully saturated rings. The second kappa shape index (κ2) is 10.2. The molecule has 0 spiro atoms. The molecular formula is C24H28F3N5O4. The van der Waals surface area contributed by atoms with Gasteiger partial charge in [0, 0.05) is 18.0 Å². The highest BCUT2D eigenvalue weighted by Gasteiger charge is 2.34. The summed E-state index contributed by atoms with van der Waals surface area (Å²) in [4.78, 5) is 52.5. The first kappa shape index (κ1) is 25.5. The van der Waals surface area contributed by atoms with E-state index in [0.29, 0.717) is 50.5 Å². The fourth-order valence-corrected chi connectivity index (χ4v) is 5.14. The molecule has 2 amide bonds. The van der Waals surface area contributed by atoms with Gasteiger partial charge in [-0.05, 0) is 62.5 Å². The van der Waals surface area contributed by atoms with Crippen LogP contribution in [0.25, 0.3) is 0 Å². The van der Waals surface area contributed by atoms with Gasteiger partial charge in [0.25, 0.3) is 11.5 Å². The Morgan fingerprint density at radius 3 is 2.33 bits per heavy atom. The highest BCUT2D eigenvalue weighted by Crippen LogP contribution is 2.37. The summed E-state index contributed by atoms with van der Waals surface area (Å²) in [5.74, 6) is -1.07. The van der Waals surface area contributed by atoms with Crippen LogP contribution in [0.2, 0.25) is 0 Å². The molecule has 36 heavy (non-hydrogen) atoms. The van der Waals surface area contributed by atoms with Crippen LogP contribution >= 0.6 is 0 Å². The maximum absolute atomic E-state index is 13.0. The summed E-state index contributed by atoms with van der Waals surface area (Å²) in [7, 11) is 0. The zero-order valence-corrected chi connectivity index (χ0v) is 19.4. The lowest BCUT2D eigenvalue weighted by atomic mass is 9.81. The van der Waals surface area contributed by atoms with Crippen LogP contribution < -0.4 is 27.6 Å². The van der Waals surface area contributed by atoms with Crippen molar-refractivity contribution in [1.82, 2.24) is 20.6 Å². The van der Waals surface area contributed by atoms with E-state index in [2.05, 4.69) is 15.6 Å². The summed E-state index contributed by atoms with van der Waals surface area (Å²) < 4.78 is 39.1. The van der Waals surface area contributed by atoms with E-state index in [9.17, 15) is 32.3 Å². The second-order valence-electron chi connectivity index (χ2n) is 9.56. The number of anilines is 1. The van der Waals surface area contributed by atoms with Crippen LogP contribution in [-0.4, -0.2) is 33.9 Å². The molecule has 0 bridgehead atoms. The molecule has 2 aromatic rings. The normalized spacial score (nSPS) is 24.3. The molecule has 1 aromatic heterocycles. The van der Waals surface area contributed by atoms with E-state index in [1.807, 2.05) is 4.98 Å². The molecule has 0 radical (unpaired) electrons. The van der Waals surface area contributed by atoms with Gasteiger partial charge in [-0.1, -0.05) is 18.2 Å². The van der Waals surface area contributed by atoms with Crippen LogP contribution in [0.3, 0.4) is 0 Å². The van der Waals surface area contributed by atoms with E-state index in [1.165, 1.54) is 12.1 Å². The first-order valence-electron chi connectivity index (χ1n) is 11.9. The first-order chi connectivity index (χ1) is 17.0. The minimum absolute atomic E-state index is 0.0237. The van der Waals surface area contributed by atoms with Gasteiger partial charge in [0.15, 0.2) is 0 Å². The van der Waals surface area contributed by atoms with Crippen LogP contribution in [0.1, 0.15) is 72.5 Å². The average Bonchev–Trinajstić information content (AvgIpc) is 3.30. The Bertz CT molecular complexity index is 1250. The fraction of sp³-hybridized carbons (Fsp3) is 0.500. The van der Waals surface area contributed by atoms with Crippen LogP contribution in [0.5, 0.6) is 0 Å². The molecule has 2 saturated carbocycles. The lowest BCUT2D eigenvalue weighted by molar-refractivity contribution is -0.137. The second-order valence-corrected chi connectivity index (χ2v) is 9.56. The van der Waals surface area contributed by atoms with Crippen LogP contribution in [0, 0.1) is 5.92 Å². The van der Waals surface area contributed by atoms with E-state index in [-0.39, 0.29) is 41.2 Å². The molecule has 0 saturated heterocycles. The third-order valence-corrected chi connectivity index (χ3v) is 7.10. The van der Waals surface area contributed by atoms with Crippen molar-refractivity contribution >= 4 is 17.5 Å². The number of aromatic nitrogens is 2. The Hall–Kier alpha value is -3.57. The summed E-state index contributed by atoms with van der Waals surface area (Å²) in [5.41, 5.74) is 3.22. The fourth-order valence-electron chi connectivity index (χ4n) is 5.14. The topological polar surface area (TPSA) is 150 Å². The molecule has 4 rings (SSSR count). The molecule has 2 atom stereocenters. The molecule has 6 N–H and O–H groups in total. The lowest BCUT2D eigenvalue weighted by Crippen LogP contribution is -2.41. The monoisotopic (exact) mass is 507 g/mol. The zero-order valence-electron chi connectivity index (χ0n) is 19.4. The maximum Gasteiger partial charge on any atom is 0.416 e. The summed E-state index contributed by atoms with van der Waals surface area (Å²) in [6, 6.07) is 5.08. The van der Waals surface area contributed by atoms with Crippen molar-refractivity contribution in [3.05, 3.63) is 61.9 Å². The van der Waals surface area contributed by atoms with Gasteiger partial charge in [-0.15, -0.1) is 0 Å². The van der Waals surface area contributed by atoms with Crippen molar-refractivity contribution in [2.24, 2.45) is 5.92 Å². The van der Waals surface area contributed by atoms with Crippen LogP contribution in [0.4, 0.5) is 18.9 Å². The predicted molar refractivity (Wildman–Crippen MR) is 125 cm³/mol. The number of H-pyrrole nitrogens is 2. The van der Waals surface area contributed by atoms with E-state index >= 15 is 0 Å². The summed E-state index contributed by atoms with van der Waals surface area (Å²) in [6.45, 7) is 0. The van der Waals surface area contributed by atoms with Crippen molar-refractivity contribution in [2.45, 2.75) is 69.1 Å². The largest absolute Gasteiger partial charge is 0.416 e. The van der Waals surface area contributed by atoms with Crippen molar-refractivity contribution in [3.8, 4) is 0 Å². The Morgan fingerprint density at radius 2 is 1.64 bits per heavy atom. The van der Waals surface area contributed by atoms with E-state index < -0.39 is 28.9 Å². The van der Waals surface area contributed by atoms with Gasteiger partial charge >= 0.3 is 11.9 Å². The zero-order chi connectivity index (χ0) is 26.0. The van der Waals surface area contributed by atoms with Gasteiger partial charge in [0.2, 0.25) is 5.91 Å². The third-order valence-electron chi connectivity index (χ3n) is 7.10. The Labute approximate surface area is 204 Å². The van der Waals surface area contributed by atoms with Crippen LogP contribution in [-0.2, 0) is 11.0 Å². The molecule has 1 aromatic carbocycles. The standard InChI is InChI=1S/C24H28F3N5O4/c25-24(26,27)15-3-1-2-13(10-15)12-4-7-16(8-5-12)29-20(33)14-6-9-17(11-14)30-22(35)19-18(28)21(34)32-23(36)31-19/h1-3,10,12,14,16-17H,4-9,11,28H2,(H,29,33)(H,30,35)(H2,31,32,34,36)/t12?,14-,16?,17-/m1/s1. The van der Waals surface area contributed by atoms with E-state index in [1.54, 1.807) is 6.07 Å². The molecule has 12 heteroatoms. The maximum atomic E-state index is 13.0. The molecular weight excluding hydrogens is 479 g/mol. The minimum Gasteiger partial charge on any atom is -0.392 e. The Morgan fingerprint density at radius 1 is 0.944 bits per heavy atom. The third kappa shape index (κ3) is 5.80. The van der Waals surface area contributed by atoms with E-state index in [4.69, 9.17) is 5.73 Å². The van der Waals surface area contributed by atoms with Gasteiger partial charge in [-0.25, -0.2) is 4.79 Å². The number of aromatic amines is 2. The van der Waals surface area contributed by atoms with Crippen molar-refractivity contribution in [1.29, 1.82) is 0 Å². The first-order valence-corrected chi connectivity index (χ1v) is 11.9. The lowest BCUT2D eigenvalue weighted by Gasteiger charge is -2.30. The number of nitrogens with one attached hydrogen (secondary N) is 4. The average molecular weight is 508 g/mol. The Balaban J connectivity index is 1.26. The summed E-state index contributed by atoms with van der Waals surface area (Å²) in [5, 5.41) is 5.77. The van der Waals surface area contributed by atoms with E-state index in [0.717, 1.165) is 6.07 Å². The number of benzene rings is 1. The molecule has 0 aliphatic heterocycles. The van der Waals surface area contributed by atoms with Crippen molar-refractivity contribution in [2.75, 3.05) is 5.73 Å². The highest BCUT2D eigenvalue weighted by atomic mass is 19.4. The quantitative estimate of drug-likeness (QED) is 0.421. The van der Waals surface area contributed by atoms with Gasteiger partial charge in [0.1, 0.15) is 11.4 Å². The highest BCUT2D eigenvalue weighted by molar-refractivity contribution is 5.97. The number of nitrogens with two attached hydrogens (primary N) is 1. The molecule has 2 aliphatic carbocycles.